The van der Waals surface area contributed by atoms with Gasteiger partial charge in [0.15, 0.2) is 0 Å². The molecule has 0 atom stereocenters. The van der Waals surface area contributed by atoms with E-state index in [1.165, 1.54) is 33.4 Å². The van der Waals surface area contributed by atoms with Crippen LogP contribution in [0.4, 0.5) is 0 Å². The van der Waals surface area contributed by atoms with Crippen LogP contribution in [0.5, 0.6) is 0 Å². The number of rotatable bonds is 6. The Labute approximate surface area is 196 Å². The van der Waals surface area contributed by atoms with Crippen molar-refractivity contribution in [3.8, 4) is 0 Å². The van der Waals surface area contributed by atoms with Crippen molar-refractivity contribution in [3.63, 3.8) is 0 Å². The van der Waals surface area contributed by atoms with Crippen LogP contribution in [0.1, 0.15) is 39.1 Å². The van der Waals surface area contributed by atoms with E-state index in [-0.39, 0.29) is 0 Å². The lowest BCUT2D eigenvalue weighted by atomic mass is 9.77. The summed E-state index contributed by atoms with van der Waals surface area (Å²) in [6, 6.07) is 38.7. The molecule has 0 radical (unpaired) electrons. The third-order valence-corrected chi connectivity index (χ3v) is 6.69. The molecule has 0 fully saturated rings. The normalized spacial score (nSPS) is 11.5. The first-order chi connectivity index (χ1) is 16.2. The van der Waals surface area contributed by atoms with Crippen LogP contribution in [0.15, 0.2) is 122 Å². The Bertz CT molecular complexity index is 1240. The molecule has 2 heteroatoms. The second kappa shape index (κ2) is 8.91. The fourth-order valence-electron chi connectivity index (χ4n) is 4.82. The van der Waals surface area contributed by atoms with Crippen LogP contribution in [-0.4, -0.2) is 9.55 Å². The zero-order valence-electron chi connectivity index (χ0n) is 19.1. The molecule has 1 heterocycles. The molecular weight excluding hydrogens is 400 g/mol. The predicted octanol–water partition coefficient (Wildman–Crippen LogP) is 6.93. The van der Waals surface area contributed by atoms with E-state index in [4.69, 9.17) is 4.98 Å². The van der Waals surface area contributed by atoms with Crippen molar-refractivity contribution in [2.45, 2.75) is 25.8 Å². The first-order valence-corrected chi connectivity index (χ1v) is 11.4. The highest BCUT2D eigenvalue weighted by Gasteiger charge is 2.38. The van der Waals surface area contributed by atoms with Gasteiger partial charge in [-0.15, -0.1) is 0 Å². The van der Waals surface area contributed by atoms with Crippen molar-refractivity contribution in [1.82, 2.24) is 9.55 Å². The fourth-order valence-corrected chi connectivity index (χ4v) is 4.82. The lowest BCUT2D eigenvalue weighted by Crippen LogP contribution is -2.36. The summed E-state index contributed by atoms with van der Waals surface area (Å²) in [7, 11) is 0. The third kappa shape index (κ3) is 3.78. The molecule has 2 nitrogen and oxygen atoms in total. The Morgan fingerprint density at radius 1 is 0.636 bits per heavy atom. The Morgan fingerprint density at radius 3 is 1.67 bits per heavy atom. The quantitative estimate of drug-likeness (QED) is 0.268. The number of aromatic nitrogens is 2. The molecule has 0 amide bonds. The predicted molar refractivity (Wildman–Crippen MR) is 136 cm³/mol. The van der Waals surface area contributed by atoms with Gasteiger partial charge in [0.1, 0.15) is 5.54 Å². The summed E-state index contributed by atoms with van der Waals surface area (Å²) in [6.45, 7) is 4.37. The summed E-state index contributed by atoms with van der Waals surface area (Å²) in [5.41, 5.74) is 8.15. The average Bonchev–Trinajstić information content (AvgIpc) is 3.33. The summed E-state index contributed by atoms with van der Waals surface area (Å²) >= 11 is 0. The zero-order chi connectivity index (χ0) is 22.7. The van der Waals surface area contributed by atoms with E-state index in [0.29, 0.717) is 0 Å². The van der Waals surface area contributed by atoms with Gasteiger partial charge in [-0.25, -0.2) is 4.98 Å². The van der Waals surface area contributed by atoms with Crippen LogP contribution < -0.4 is 0 Å². The number of aryl methyl sites for hydroxylation is 1. The monoisotopic (exact) mass is 428 g/mol. The number of nitrogens with zero attached hydrogens (tertiary/aromatic N) is 2. The molecule has 162 valence electrons. The van der Waals surface area contributed by atoms with Gasteiger partial charge in [-0.1, -0.05) is 109 Å². The van der Waals surface area contributed by atoms with E-state index in [9.17, 15) is 0 Å². The third-order valence-electron chi connectivity index (χ3n) is 6.69. The molecule has 5 rings (SSSR count). The second-order valence-electron chi connectivity index (χ2n) is 8.62. The summed E-state index contributed by atoms with van der Waals surface area (Å²) in [5, 5.41) is 0. The van der Waals surface area contributed by atoms with Crippen molar-refractivity contribution in [1.29, 1.82) is 0 Å². The highest BCUT2D eigenvalue weighted by Crippen LogP contribution is 2.40. The van der Waals surface area contributed by atoms with E-state index in [0.717, 1.165) is 12.1 Å². The van der Waals surface area contributed by atoms with Gasteiger partial charge in [0.05, 0.1) is 12.0 Å². The Balaban J connectivity index is 1.71. The molecule has 33 heavy (non-hydrogen) atoms. The molecule has 4 aromatic carbocycles. The van der Waals surface area contributed by atoms with Crippen LogP contribution in [-0.2, 0) is 12.0 Å². The van der Waals surface area contributed by atoms with Crippen LogP contribution >= 0.6 is 0 Å². The molecule has 0 aliphatic rings. The van der Waals surface area contributed by atoms with E-state index in [1.807, 2.05) is 6.33 Å². The topological polar surface area (TPSA) is 17.8 Å². The standard InChI is InChI=1S/C31H28N2/c1-24-13-12-14-26(25(24)2)21-30-22-33(23-32-30)31(27-15-6-3-7-16-27,28-17-8-4-9-18-28)29-19-10-5-11-20-29/h3-20,22-23H,21H2,1-2H3. The smallest absolute Gasteiger partial charge is 0.121 e. The van der Waals surface area contributed by atoms with Gasteiger partial charge in [-0.05, 0) is 47.2 Å². The maximum Gasteiger partial charge on any atom is 0.121 e. The molecule has 1 aromatic heterocycles. The van der Waals surface area contributed by atoms with Crippen molar-refractivity contribution < 1.29 is 0 Å². The van der Waals surface area contributed by atoms with E-state index in [2.05, 4.69) is 134 Å². The lowest BCUT2D eigenvalue weighted by molar-refractivity contribution is 0.514. The summed E-state index contributed by atoms with van der Waals surface area (Å²) < 4.78 is 2.29. The zero-order valence-corrected chi connectivity index (χ0v) is 19.1. The number of benzene rings is 4. The molecule has 0 saturated heterocycles. The summed E-state index contributed by atoms with van der Waals surface area (Å²) in [6.07, 6.45) is 5.02. The molecule has 0 unspecified atom stereocenters. The van der Waals surface area contributed by atoms with Gasteiger partial charge in [-0.3, -0.25) is 0 Å². The van der Waals surface area contributed by atoms with Gasteiger partial charge in [0.25, 0.3) is 0 Å². The van der Waals surface area contributed by atoms with Gasteiger partial charge in [0, 0.05) is 12.6 Å². The van der Waals surface area contributed by atoms with Crippen LogP contribution in [0, 0.1) is 13.8 Å². The Morgan fingerprint density at radius 2 is 1.15 bits per heavy atom. The van der Waals surface area contributed by atoms with Crippen molar-refractivity contribution in [2.75, 3.05) is 0 Å². The molecule has 0 aliphatic carbocycles. The van der Waals surface area contributed by atoms with Gasteiger partial charge >= 0.3 is 0 Å². The maximum absolute atomic E-state index is 4.89. The van der Waals surface area contributed by atoms with E-state index >= 15 is 0 Å². The summed E-state index contributed by atoms with van der Waals surface area (Å²) in [5.74, 6) is 0. The minimum atomic E-state index is -0.517. The van der Waals surface area contributed by atoms with Crippen LogP contribution in [0.3, 0.4) is 0 Å². The van der Waals surface area contributed by atoms with Gasteiger partial charge in [-0.2, -0.15) is 0 Å². The SMILES string of the molecule is Cc1cccc(Cc2cn(C(c3ccccc3)(c3ccccc3)c3ccccc3)cn2)c1C. The lowest BCUT2D eigenvalue weighted by Gasteiger charge is -2.37. The summed E-state index contributed by atoms with van der Waals surface area (Å²) in [4.78, 5) is 4.89. The second-order valence-corrected chi connectivity index (χ2v) is 8.62. The number of hydrogen-bond acceptors (Lipinski definition) is 1. The van der Waals surface area contributed by atoms with Crippen molar-refractivity contribution >= 4 is 0 Å². The van der Waals surface area contributed by atoms with E-state index < -0.39 is 5.54 Å². The first-order valence-electron chi connectivity index (χ1n) is 11.4. The van der Waals surface area contributed by atoms with Crippen molar-refractivity contribution in [2.24, 2.45) is 0 Å². The number of hydrogen-bond donors (Lipinski definition) is 0. The Hall–Kier alpha value is -3.91. The largest absolute Gasteiger partial charge is 0.319 e. The molecular formula is C31H28N2. The molecule has 0 saturated carbocycles. The minimum Gasteiger partial charge on any atom is -0.319 e. The van der Waals surface area contributed by atoms with Crippen LogP contribution in [0.2, 0.25) is 0 Å². The molecule has 0 bridgehead atoms. The van der Waals surface area contributed by atoms with E-state index in [1.54, 1.807) is 0 Å². The minimum absolute atomic E-state index is 0.517. The Kier molecular flexibility index (Phi) is 5.66. The molecule has 0 aliphatic heterocycles. The highest BCUT2D eigenvalue weighted by atomic mass is 15.1. The van der Waals surface area contributed by atoms with Gasteiger partial charge < -0.3 is 4.57 Å². The van der Waals surface area contributed by atoms with Gasteiger partial charge in [0.2, 0.25) is 0 Å². The first kappa shape index (κ1) is 21.0. The molecule has 0 spiro atoms. The maximum atomic E-state index is 4.89. The average molecular weight is 429 g/mol. The van der Waals surface area contributed by atoms with Crippen LogP contribution in [0.25, 0.3) is 0 Å². The highest BCUT2D eigenvalue weighted by molar-refractivity contribution is 5.51. The van der Waals surface area contributed by atoms with Crippen molar-refractivity contribution in [3.05, 3.63) is 161 Å². The molecule has 0 N–H and O–H groups in total. The fraction of sp³-hybridized carbons (Fsp3) is 0.129. The number of imidazole rings is 1. The molecule has 5 aromatic rings.